The predicted octanol–water partition coefficient (Wildman–Crippen LogP) is 0.427. The summed E-state index contributed by atoms with van der Waals surface area (Å²) in [6.07, 6.45) is 1.98. The first-order valence-corrected chi connectivity index (χ1v) is 14.3. The van der Waals surface area contributed by atoms with Crippen molar-refractivity contribution in [3.63, 3.8) is 0 Å². The second kappa shape index (κ2) is 9.28. The minimum absolute atomic E-state index is 0.00155. The number of benzene rings is 1. The number of carbonyl (C=O) groups excluding carboxylic acids is 1. The van der Waals surface area contributed by atoms with Crippen molar-refractivity contribution < 1.29 is 26.4 Å². The summed E-state index contributed by atoms with van der Waals surface area (Å²) in [4.78, 5) is 17.3. The summed E-state index contributed by atoms with van der Waals surface area (Å²) in [5.41, 5.74) is 0. The van der Waals surface area contributed by atoms with Crippen molar-refractivity contribution in [1.82, 2.24) is 14.1 Å². The van der Waals surface area contributed by atoms with Crippen LogP contribution < -0.4 is 4.74 Å². The van der Waals surface area contributed by atoms with Crippen LogP contribution >= 0.6 is 0 Å². The van der Waals surface area contributed by atoms with Crippen molar-refractivity contribution in [2.24, 2.45) is 5.92 Å². The number of carbonyl (C=O) groups is 1. The molecule has 0 bridgehead atoms. The van der Waals surface area contributed by atoms with E-state index in [1.807, 2.05) is 4.90 Å². The van der Waals surface area contributed by atoms with Crippen LogP contribution in [0.5, 0.6) is 5.75 Å². The fourth-order valence-electron chi connectivity index (χ4n) is 4.89. The van der Waals surface area contributed by atoms with E-state index in [4.69, 9.17) is 4.74 Å². The minimum atomic E-state index is -3.67. The largest absolute Gasteiger partial charge is 0.497 e. The molecule has 3 fully saturated rings. The first-order valence-electron chi connectivity index (χ1n) is 11.1. The summed E-state index contributed by atoms with van der Waals surface area (Å²) in [6, 6.07) is 6.35. The van der Waals surface area contributed by atoms with Crippen molar-refractivity contribution in [2.45, 2.75) is 30.2 Å². The molecule has 11 heteroatoms. The van der Waals surface area contributed by atoms with E-state index in [0.29, 0.717) is 57.7 Å². The van der Waals surface area contributed by atoms with Crippen molar-refractivity contribution in [3.05, 3.63) is 24.3 Å². The molecule has 0 unspecified atom stereocenters. The average Bonchev–Trinajstić information content (AvgIpc) is 3.18. The second-order valence-corrected chi connectivity index (χ2v) is 13.0. The number of sulfonamides is 1. The smallest absolute Gasteiger partial charge is 0.243 e. The van der Waals surface area contributed by atoms with E-state index < -0.39 is 19.9 Å². The Bertz CT molecular complexity index is 1030. The maximum atomic E-state index is 13.2. The Hall–Kier alpha value is -1.69. The van der Waals surface area contributed by atoms with E-state index in [1.54, 1.807) is 12.1 Å². The van der Waals surface area contributed by atoms with Crippen LogP contribution in [-0.2, 0) is 24.7 Å². The molecule has 2 atom stereocenters. The quantitative estimate of drug-likeness (QED) is 0.596. The fraction of sp³-hybridized carbons (Fsp3) is 0.667. The van der Waals surface area contributed by atoms with Crippen molar-refractivity contribution in [1.29, 1.82) is 0 Å². The second-order valence-electron chi connectivity index (χ2n) is 8.80. The van der Waals surface area contributed by atoms with Crippen LogP contribution in [0.25, 0.3) is 0 Å². The van der Waals surface area contributed by atoms with E-state index in [2.05, 4.69) is 4.90 Å². The van der Waals surface area contributed by atoms with Crippen LogP contribution in [-0.4, -0.2) is 101 Å². The molecule has 0 spiro atoms. The highest BCUT2D eigenvalue weighted by molar-refractivity contribution is 7.91. The van der Waals surface area contributed by atoms with Gasteiger partial charge in [0.2, 0.25) is 15.9 Å². The SMILES string of the molecule is COc1ccc(S(=O)(=O)N2CCC[C@H](C(=O)N3CCN([C@@H]4CCS(=O)(=O)C4)CC3)C2)cc1. The molecule has 0 N–H and O–H groups in total. The van der Waals surface area contributed by atoms with Crippen LogP contribution in [0.1, 0.15) is 19.3 Å². The van der Waals surface area contributed by atoms with Crippen LogP contribution in [0.2, 0.25) is 0 Å². The summed E-state index contributed by atoms with van der Waals surface area (Å²) < 4.78 is 56.2. The molecular formula is C21H31N3O6S2. The highest BCUT2D eigenvalue weighted by atomic mass is 32.2. The van der Waals surface area contributed by atoms with Gasteiger partial charge in [-0.2, -0.15) is 4.31 Å². The van der Waals surface area contributed by atoms with Gasteiger partial charge >= 0.3 is 0 Å². The monoisotopic (exact) mass is 485 g/mol. The molecule has 0 aromatic heterocycles. The lowest BCUT2D eigenvalue weighted by atomic mass is 9.97. The van der Waals surface area contributed by atoms with Gasteiger partial charge in [0.15, 0.2) is 9.84 Å². The van der Waals surface area contributed by atoms with E-state index in [9.17, 15) is 21.6 Å². The zero-order valence-electron chi connectivity index (χ0n) is 18.3. The number of rotatable bonds is 5. The lowest BCUT2D eigenvalue weighted by molar-refractivity contribution is -0.138. The summed E-state index contributed by atoms with van der Waals surface area (Å²) in [5, 5.41) is 0. The van der Waals surface area contributed by atoms with Crippen LogP contribution in [0, 0.1) is 5.92 Å². The zero-order chi connectivity index (χ0) is 22.9. The van der Waals surface area contributed by atoms with Gasteiger partial charge in [0, 0.05) is 45.3 Å². The molecule has 32 heavy (non-hydrogen) atoms. The fourth-order valence-corrected chi connectivity index (χ4v) is 8.17. The third-order valence-corrected chi connectivity index (χ3v) is 10.4. The Morgan fingerprint density at radius 1 is 1.03 bits per heavy atom. The topological polar surface area (TPSA) is 104 Å². The molecule has 1 aromatic carbocycles. The number of ether oxygens (including phenoxy) is 1. The molecule has 3 heterocycles. The Morgan fingerprint density at radius 2 is 1.72 bits per heavy atom. The van der Waals surface area contributed by atoms with Gasteiger partial charge in [-0.15, -0.1) is 0 Å². The normalized spacial score (nSPS) is 27.3. The molecule has 4 rings (SSSR count). The van der Waals surface area contributed by atoms with Crippen molar-refractivity contribution >= 4 is 25.8 Å². The van der Waals surface area contributed by atoms with Gasteiger partial charge in [-0.25, -0.2) is 16.8 Å². The maximum Gasteiger partial charge on any atom is 0.243 e. The van der Waals surface area contributed by atoms with Crippen LogP contribution in [0.3, 0.4) is 0 Å². The number of hydrogen-bond acceptors (Lipinski definition) is 7. The zero-order valence-corrected chi connectivity index (χ0v) is 20.0. The maximum absolute atomic E-state index is 13.2. The molecule has 0 saturated carbocycles. The van der Waals surface area contributed by atoms with E-state index in [-0.39, 0.29) is 40.8 Å². The number of piperazine rings is 1. The highest BCUT2D eigenvalue weighted by Crippen LogP contribution is 2.27. The highest BCUT2D eigenvalue weighted by Gasteiger charge is 2.38. The van der Waals surface area contributed by atoms with Gasteiger partial charge in [-0.05, 0) is 43.5 Å². The van der Waals surface area contributed by atoms with Gasteiger partial charge < -0.3 is 9.64 Å². The van der Waals surface area contributed by atoms with Gasteiger partial charge in [0.25, 0.3) is 0 Å². The van der Waals surface area contributed by atoms with Gasteiger partial charge in [-0.1, -0.05) is 0 Å². The Morgan fingerprint density at radius 3 is 2.31 bits per heavy atom. The summed E-state index contributed by atoms with van der Waals surface area (Å²) >= 11 is 0. The van der Waals surface area contributed by atoms with E-state index in [0.717, 1.165) is 0 Å². The molecule has 0 radical (unpaired) electrons. The lowest BCUT2D eigenvalue weighted by Crippen LogP contribution is -2.55. The first-order chi connectivity index (χ1) is 15.2. The van der Waals surface area contributed by atoms with Gasteiger partial charge in [0.1, 0.15) is 5.75 Å². The standard InChI is InChI=1S/C21H31N3O6S2/c1-30-19-4-6-20(7-5-19)32(28,29)24-9-2-3-17(15-24)21(25)23-12-10-22(11-13-23)18-8-14-31(26,27)16-18/h4-7,17-18H,2-3,8-16H2,1H3/t17-,18+/m0/s1. The molecule has 178 valence electrons. The van der Waals surface area contributed by atoms with Crippen molar-refractivity contribution in [2.75, 3.05) is 57.9 Å². The minimum Gasteiger partial charge on any atom is -0.497 e. The molecule has 3 aliphatic rings. The molecule has 1 aromatic rings. The van der Waals surface area contributed by atoms with E-state index >= 15 is 0 Å². The van der Waals surface area contributed by atoms with Crippen LogP contribution in [0.4, 0.5) is 0 Å². The number of methoxy groups -OCH3 is 1. The van der Waals surface area contributed by atoms with E-state index in [1.165, 1.54) is 23.5 Å². The average molecular weight is 486 g/mol. The third-order valence-electron chi connectivity index (χ3n) is 6.78. The Balaban J connectivity index is 1.35. The number of sulfone groups is 1. The number of hydrogen-bond donors (Lipinski definition) is 0. The molecule has 3 aliphatic heterocycles. The molecule has 1 amide bonds. The van der Waals surface area contributed by atoms with Crippen molar-refractivity contribution in [3.8, 4) is 5.75 Å². The predicted molar refractivity (Wildman–Crippen MR) is 120 cm³/mol. The summed E-state index contributed by atoms with van der Waals surface area (Å²) in [6.45, 7) is 3.02. The summed E-state index contributed by atoms with van der Waals surface area (Å²) in [5.74, 6) is 0.692. The molecule has 3 saturated heterocycles. The third kappa shape index (κ3) is 4.95. The lowest BCUT2D eigenvalue weighted by Gasteiger charge is -2.40. The number of nitrogens with zero attached hydrogens (tertiary/aromatic N) is 3. The molecule has 0 aliphatic carbocycles. The molecular weight excluding hydrogens is 454 g/mol. The van der Waals surface area contributed by atoms with Gasteiger partial charge in [0.05, 0.1) is 29.4 Å². The van der Waals surface area contributed by atoms with Crippen LogP contribution in [0.15, 0.2) is 29.2 Å². The Labute approximate surface area is 190 Å². The number of piperidine rings is 1. The Kier molecular flexibility index (Phi) is 6.81. The number of amides is 1. The summed E-state index contributed by atoms with van der Waals surface area (Å²) in [7, 11) is -5.08. The molecule has 9 nitrogen and oxygen atoms in total. The van der Waals surface area contributed by atoms with Gasteiger partial charge in [-0.3, -0.25) is 9.69 Å². The first kappa shape index (κ1) is 23.5.